The maximum atomic E-state index is 15.5. The minimum Gasteiger partial charge on any atom is -0.390 e. The number of thioether (sulfide) groups is 1. The van der Waals surface area contributed by atoms with Crippen LogP contribution in [0.1, 0.15) is 183 Å². The number of rotatable bonds is 25. The van der Waals surface area contributed by atoms with E-state index in [1.54, 1.807) is 47.6 Å². The summed E-state index contributed by atoms with van der Waals surface area (Å²) < 4.78 is 6.34. The van der Waals surface area contributed by atoms with Crippen molar-refractivity contribution in [3.05, 3.63) is 12.2 Å². The van der Waals surface area contributed by atoms with Gasteiger partial charge in [-0.15, -0.1) is 11.8 Å². The van der Waals surface area contributed by atoms with E-state index < -0.39 is 155 Å². The van der Waals surface area contributed by atoms with Gasteiger partial charge in [0.2, 0.25) is 59.1 Å². The smallest absolute Gasteiger partial charge is 0.256 e. The molecule has 11 amide bonds. The third-order valence-electron chi connectivity index (χ3n) is 18.7. The summed E-state index contributed by atoms with van der Waals surface area (Å²) in [6, 6.07) is -12.9. The lowest BCUT2D eigenvalue weighted by atomic mass is 9.91. The molecule has 0 saturated carbocycles. The summed E-state index contributed by atoms with van der Waals surface area (Å²) in [5.41, 5.74) is 0. The minimum atomic E-state index is -1.65. The second-order valence-corrected chi connectivity index (χ2v) is 29.7. The zero-order chi connectivity index (χ0) is 74.8. The predicted octanol–water partition coefficient (Wildman–Crippen LogP) is 5.22. The number of amides is 11. The van der Waals surface area contributed by atoms with Crippen LogP contribution >= 0.6 is 11.8 Å². The van der Waals surface area contributed by atoms with Crippen LogP contribution in [-0.2, 0) is 57.5 Å². The molecule has 1 rings (SSSR count). The molecule has 25 nitrogen and oxygen atoms in total. The van der Waals surface area contributed by atoms with Gasteiger partial charge in [0, 0.05) is 49.3 Å². The molecular formula is C71H130N12O13S. The molecular weight excluding hydrogens is 1260 g/mol. The average Bonchev–Trinajstić information content (AvgIpc) is 0.809. The van der Waals surface area contributed by atoms with E-state index in [9.17, 15) is 24.3 Å². The van der Waals surface area contributed by atoms with Crippen molar-refractivity contribution in [3.8, 4) is 0 Å². The third-order valence-corrected chi connectivity index (χ3v) is 20.0. The van der Waals surface area contributed by atoms with Gasteiger partial charge >= 0.3 is 0 Å². The summed E-state index contributed by atoms with van der Waals surface area (Å²) in [4.78, 5) is 176. The zero-order valence-electron chi connectivity index (χ0n) is 64.1. The van der Waals surface area contributed by atoms with E-state index in [2.05, 4.69) is 26.2 Å². The number of ether oxygens (including phenoxy) is 1. The number of likely N-dealkylation sites (N-methyl/N-ethyl adjacent to an activating group) is 7. The molecule has 1 aliphatic heterocycles. The maximum absolute atomic E-state index is 15.5. The van der Waals surface area contributed by atoms with Gasteiger partial charge in [0.1, 0.15) is 60.4 Å². The Bertz CT molecular complexity index is 2580. The normalized spacial score (nSPS) is 25.9. The SMILES string of the molecule is C/C=C/C[C@@H](C)[C@@H](O)[C@H]1C(=O)N[C@@H](CC)C(=O)N(C)[C@H](SCCCN(CC)CC)C(=O)N(C)[C@@H](COC(CC)CC)C(=O)N[C@@H](C(C)C)C(=O)N(C)[C@@H](CC(C)C)C(=O)N[C@@H](C)C(=O)N[C@H](C)C(=O)N(C)[C@@H](CC(C)C)C(=O)N(C)[C@@H](CC(C)C)C(=O)N(C)[C@@H](C(C)C)C(=O)N1C. The van der Waals surface area contributed by atoms with Crippen molar-refractivity contribution in [1.82, 2.24) is 60.5 Å². The van der Waals surface area contributed by atoms with Crippen molar-refractivity contribution >= 4 is 76.7 Å². The molecule has 0 spiro atoms. The molecule has 13 atom stereocenters. The molecule has 5 N–H and O–H groups in total. The summed E-state index contributed by atoms with van der Waals surface area (Å²) in [5.74, 6) is -9.57. The van der Waals surface area contributed by atoms with Crippen LogP contribution in [0.25, 0.3) is 0 Å². The lowest BCUT2D eigenvalue weighted by Crippen LogP contribution is -2.64. The molecule has 1 aliphatic rings. The molecule has 1 heterocycles. The Morgan fingerprint density at radius 1 is 0.505 bits per heavy atom. The van der Waals surface area contributed by atoms with Crippen LogP contribution in [0.4, 0.5) is 0 Å². The van der Waals surface area contributed by atoms with Gasteiger partial charge in [0.15, 0.2) is 5.37 Å². The second-order valence-electron chi connectivity index (χ2n) is 28.5. The minimum absolute atomic E-state index is 0.00961. The lowest BCUT2D eigenvalue weighted by molar-refractivity contribution is -0.157. The summed E-state index contributed by atoms with van der Waals surface area (Å²) in [6.45, 7) is 36.1. The average molecular weight is 1390 g/mol. The van der Waals surface area contributed by atoms with Crippen LogP contribution in [0.15, 0.2) is 12.2 Å². The van der Waals surface area contributed by atoms with Crippen LogP contribution in [0.3, 0.4) is 0 Å². The highest BCUT2D eigenvalue weighted by atomic mass is 32.2. The van der Waals surface area contributed by atoms with Crippen molar-refractivity contribution in [2.24, 2.45) is 35.5 Å². The van der Waals surface area contributed by atoms with Gasteiger partial charge in [-0.05, 0) is 133 Å². The molecule has 1 saturated heterocycles. The van der Waals surface area contributed by atoms with Crippen LogP contribution < -0.4 is 21.3 Å². The quantitative estimate of drug-likeness (QED) is 0.0579. The van der Waals surface area contributed by atoms with Crippen molar-refractivity contribution < 1.29 is 62.6 Å². The monoisotopic (exact) mass is 1390 g/mol. The molecule has 1 fully saturated rings. The maximum Gasteiger partial charge on any atom is 0.256 e. The Morgan fingerprint density at radius 3 is 1.44 bits per heavy atom. The summed E-state index contributed by atoms with van der Waals surface area (Å²) >= 11 is 1.18. The van der Waals surface area contributed by atoms with Crippen LogP contribution in [0.5, 0.6) is 0 Å². The van der Waals surface area contributed by atoms with Crippen molar-refractivity contribution in [3.63, 3.8) is 0 Å². The summed E-state index contributed by atoms with van der Waals surface area (Å²) in [6.07, 6.45) is 4.22. The van der Waals surface area contributed by atoms with Gasteiger partial charge in [0.25, 0.3) is 5.91 Å². The van der Waals surface area contributed by atoms with E-state index in [-0.39, 0.29) is 56.1 Å². The Morgan fingerprint density at radius 2 is 0.969 bits per heavy atom. The van der Waals surface area contributed by atoms with Crippen LogP contribution in [0, 0.1) is 35.5 Å². The van der Waals surface area contributed by atoms with E-state index in [4.69, 9.17) is 4.74 Å². The molecule has 0 bridgehead atoms. The number of carbonyl (C=O) groups excluding carboxylic acids is 11. The van der Waals surface area contributed by atoms with E-state index in [1.807, 2.05) is 82.2 Å². The molecule has 558 valence electrons. The van der Waals surface area contributed by atoms with Crippen molar-refractivity contribution in [1.29, 1.82) is 0 Å². The first kappa shape index (κ1) is 89.2. The topological polar surface area (TPSA) is 291 Å². The molecule has 0 radical (unpaired) electrons. The number of nitrogens with one attached hydrogen (secondary N) is 4. The van der Waals surface area contributed by atoms with Gasteiger partial charge in [-0.2, -0.15) is 0 Å². The zero-order valence-corrected chi connectivity index (χ0v) is 65.0. The number of hydrogen-bond acceptors (Lipinski definition) is 15. The summed E-state index contributed by atoms with van der Waals surface area (Å²) in [7, 11) is 10.0. The second kappa shape index (κ2) is 42.9. The first-order chi connectivity index (χ1) is 45.2. The number of allylic oxidation sites excluding steroid dienone is 2. The Hall–Kier alpha value is -5.86. The van der Waals surface area contributed by atoms with Gasteiger partial charge in [-0.25, -0.2) is 0 Å². The molecule has 0 aromatic rings. The van der Waals surface area contributed by atoms with Gasteiger partial charge in [0.05, 0.1) is 18.8 Å². The Labute approximate surface area is 587 Å². The third kappa shape index (κ3) is 26.0. The number of aliphatic hydroxyl groups excluding tert-OH is 1. The largest absolute Gasteiger partial charge is 0.390 e. The van der Waals surface area contributed by atoms with Gasteiger partial charge in [-0.1, -0.05) is 123 Å². The van der Waals surface area contributed by atoms with E-state index in [0.717, 1.165) is 18.0 Å². The number of carbonyl (C=O) groups is 11. The fraction of sp³-hybridized carbons (Fsp3) is 0.817. The van der Waals surface area contributed by atoms with E-state index in [0.29, 0.717) is 38.0 Å². The first-order valence-corrected chi connectivity index (χ1v) is 36.6. The highest BCUT2D eigenvalue weighted by molar-refractivity contribution is 8.00. The number of hydrogen-bond donors (Lipinski definition) is 5. The van der Waals surface area contributed by atoms with E-state index in [1.165, 1.54) is 104 Å². The fourth-order valence-corrected chi connectivity index (χ4v) is 13.3. The summed E-state index contributed by atoms with van der Waals surface area (Å²) in [5, 5.41) is 22.2. The molecule has 0 aromatic heterocycles. The fourth-order valence-electron chi connectivity index (χ4n) is 12.1. The van der Waals surface area contributed by atoms with Gasteiger partial charge < -0.3 is 70.3 Å². The molecule has 0 aromatic carbocycles. The Kier molecular flexibility index (Phi) is 39.5. The number of nitrogens with zero attached hydrogens (tertiary/aromatic N) is 8. The Balaban J connectivity index is 4.62. The van der Waals surface area contributed by atoms with E-state index >= 15 is 33.6 Å². The molecule has 97 heavy (non-hydrogen) atoms. The van der Waals surface area contributed by atoms with Gasteiger partial charge in [-0.3, -0.25) is 52.7 Å². The van der Waals surface area contributed by atoms with Crippen molar-refractivity contribution in [2.45, 2.75) is 261 Å². The molecule has 0 aliphatic carbocycles. The lowest BCUT2D eigenvalue weighted by Gasteiger charge is -2.41. The molecule has 26 heteroatoms. The standard InChI is InChI=1S/C71H130N12O13S/c1-27-33-35-47(17)59(84)58-63(88)74-51(30-4)65(90)82(26)71(97-37-34-36-83(31-5)32-6)70(95)79(23)55(41-96-50(28-2)29-3)62(87)75-56(45(13)14)68(93)76(20)52(38-42(7)8)61(86)72-48(18)60(85)73-49(19)64(89)77(21)53(39-43(9)10)66(91)78(22)54(40-44(11)12)67(92)80(24)57(46(15)16)69(94)81(58)25/h27,33,42-59,71,84H,28-32,34-41H2,1-26H3,(H,72,86)(H,73,85)(H,74,88)(H,75,87)/b33-27+/t47-,48+,49-,51+,52+,53+,54+,55+,56+,57+,58+,59-,71-/m1/s1. The predicted molar refractivity (Wildman–Crippen MR) is 383 cm³/mol. The first-order valence-electron chi connectivity index (χ1n) is 35.5. The highest BCUT2D eigenvalue weighted by Crippen LogP contribution is 2.27. The van der Waals surface area contributed by atoms with Crippen LogP contribution in [0.2, 0.25) is 0 Å². The highest BCUT2D eigenvalue weighted by Gasteiger charge is 2.46. The van der Waals surface area contributed by atoms with Crippen LogP contribution in [-0.4, -0.2) is 269 Å². The molecule has 0 unspecified atom stereocenters. The van der Waals surface area contributed by atoms with Crippen molar-refractivity contribution in [2.75, 3.05) is 81.3 Å². The number of aliphatic hydroxyl groups is 1.